The first kappa shape index (κ1) is 22.8. The number of fused-ring (bicyclic) bond motifs is 3. The Bertz CT molecular complexity index is 1390. The number of oxime groups is 2. The van der Waals surface area contributed by atoms with E-state index in [0.29, 0.717) is 5.56 Å². The first-order chi connectivity index (χ1) is 17.1. The van der Waals surface area contributed by atoms with Crippen LogP contribution in [0.5, 0.6) is 11.5 Å². The van der Waals surface area contributed by atoms with Crippen LogP contribution in [0.15, 0.2) is 71.0 Å². The maximum absolute atomic E-state index is 9.62. The Labute approximate surface area is 203 Å². The molecule has 0 spiro atoms. The largest absolute Gasteiger partial charge is 0.504 e. The third-order valence-electron chi connectivity index (χ3n) is 6.55. The Morgan fingerprint density at radius 1 is 0.800 bits per heavy atom. The van der Waals surface area contributed by atoms with Gasteiger partial charge in [-0.15, -0.1) is 0 Å². The number of nitrogens with zero attached hydrogens (tertiary/aromatic N) is 3. The predicted molar refractivity (Wildman–Crippen MR) is 138 cm³/mol. The standard InChI is InChI=1S/C28H29N3O4/c1-2-31-23-8-4-3-7-21(23)22-15-19(11-13-24(22)31)17-29-34-27-9-5-6-10-28(27)35-30-18-20-12-14-25(32)26(33)16-20/h3-4,7-8,11-18,27-28,32-33H,2,5-6,9-10H2,1H3/b29-17+,30-18+/t27-,28-/m0/s1. The van der Waals surface area contributed by atoms with Gasteiger partial charge in [0.2, 0.25) is 0 Å². The molecular weight excluding hydrogens is 442 g/mol. The van der Waals surface area contributed by atoms with Crippen molar-refractivity contribution in [2.75, 3.05) is 0 Å². The van der Waals surface area contributed by atoms with Crippen LogP contribution in [0.1, 0.15) is 43.7 Å². The van der Waals surface area contributed by atoms with Crippen LogP contribution < -0.4 is 0 Å². The molecule has 0 saturated heterocycles. The lowest BCUT2D eigenvalue weighted by Gasteiger charge is -2.27. The summed E-state index contributed by atoms with van der Waals surface area (Å²) in [6.45, 7) is 3.08. The second-order valence-electron chi connectivity index (χ2n) is 8.83. The van der Waals surface area contributed by atoms with Gasteiger partial charge in [0, 0.05) is 28.4 Å². The van der Waals surface area contributed by atoms with Crippen LogP contribution in [0, 0.1) is 0 Å². The quantitative estimate of drug-likeness (QED) is 0.198. The summed E-state index contributed by atoms with van der Waals surface area (Å²) in [6, 6.07) is 19.3. The molecule has 1 aliphatic rings. The highest BCUT2D eigenvalue weighted by Crippen LogP contribution is 2.30. The van der Waals surface area contributed by atoms with Gasteiger partial charge < -0.3 is 24.5 Å². The van der Waals surface area contributed by atoms with E-state index in [1.807, 2.05) is 0 Å². The Morgan fingerprint density at radius 3 is 2.11 bits per heavy atom. The third-order valence-corrected chi connectivity index (χ3v) is 6.55. The van der Waals surface area contributed by atoms with Crippen LogP contribution in [0.2, 0.25) is 0 Å². The average molecular weight is 472 g/mol. The highest BCUT2D eigenvalue weighted by Gasteiger charge is 2.29. The second kappa shape index (κ2) is 10.1. The van der Waals surface area contributed by atoms with Crippen molar-refractivity contribution < 1.29 is 19.9 Å². The van der Waals surface area contributed by atoms with Crippen LogP contribution in [0.4, 0.5) is 0 Å². The van der Waals surface area contributed by atoms with E-state index in [9.17, 15) is 10.2 Å². The minimum atomic E-state index is -0.201. The number of aromatic hydroxyl groups is 2. The lowest BCUT2D eigenvalue weighted by Crippen LogP contribution is -2.32. The molecule has 3 aromatic carbocycles. The monoisotopic (exact) mass is 471 g/mol. The summed E-state index contributed by atoms with van der Waals surface area (Å²) in [5.41, 5.74) is 4.06. The summed E-state index contributed by atoms with van der Waals surface area (Å²) in [4.78, 5) is 11.6. The van der Waals surface area contributed by atoms with Gasteiger partial charge in [-0.25, -0.2) is 0 Å². The van der Waals surface area contributed by atoms with Gasteiger partial charge in [-0.05, 0) is 80.1 Å². The Kier molecular flexibility index (Phi) is 6.57. The van der Waals surface area contributed by atoms with Gasteiger partial charge in [-0.3, -0.25) is 0 Å². The predicted octanol–water partition coefficient (Wildman–Crippen LogP) is 5.94. The summed E-state index contributed by atoms with van der Waals surface area (Å²) in [5.74, 6) is -0.364. The molecule has 0 amide bonds. The molecule has 0 aliphatic heterocycles. The van der Waals surface area contributed by atoms with E-state index in [1.165, 1.54) is 40.2 Å². The van der Waals surface area contributed by atoms with Crippen LogP contribution in [-0.4, -0.2) is 39.4 Å². The molecule has 5 rings (SSSR count). The molecule has 0 radical (unpaired) electrons. The van der Waals surface area contributed by atoms with Crippen molar-refractivity contribution in [1.29, 1.82) is 0 Å². The lowest BCUT2D eigenvalue weighted by molar-refractivity contribution is -0.0898. The number of rotatable bonds is 7. The van der Waals surface area contributed by atoms with Crippen molar-refractivity contribution in [3.63, 3.8) is 0 Å². The summed E-state index contributed by atoms with van der Waals surface area (Å²) in [6.07, 6.45) is 6.66. The van der Waals surface area contributed by atoms with Gasteiger partial charge in [0.25, 0.3) is 0 Å². The Balaban J connectivity index is 1.27. The number of phenolic OH excluding ortho intramolecular Hbond substituents is 2. The first-order valence-electron chi connectivity index (χ1n) is 12.1. The molecule has 1 fully saturated rings. The van der Waals surface area contributed by atoms with Gasteiger partial charge in [-0.1, -0.05) is 34.6 Å². The van der Waals surface area contributed by atoms with Gasteiger partial charge in [0.1, 0.15) is 0 Å². The van der Waals surface area contributed by atoms with E-state index in [1.54, 1.807) is 12.3 Å². The molecule has 1 aromatic heterocycles. The van der Waals surface area contributed by atoms with Crippen LogP contribution >= 0.6 is 0 Å². The van der Waals surface area contributed by atoms with Crippen molar-refractivity contribution >= 4 is 34.2 Å². The second-order valence-corrected chi connectivity index (χ2v) is 8.83. The number of aromatic nitrogens is 1. The summed E-state index contributed by atoms with van der Waals surface area (Å²) in [7, 11) is 0. The van der Waals surface area contributed by atoms with Crippen molar-refractivity contribution in [1.82, 2.24) is 4.57 Å². The molecule has 0 bridgehead atoms. The Hall–Kier alpha value is -4.00. The molecule has 2 atom stereocenters. The molecule has 4 aromatic rings. The maximum atomic E-state index is 9.62. The maximum Gasteiger partial charge on any atom is 0.166 e. The molecule has 1 saturated carbocycles. The summed E-state index contributed by atoms with van der Waals surface area (Å²) < 4.78 is 2.33. The zero-order chi connectivity index (χ0) is 24.2. The number of hydrogen-bond acceptors (Lipinski definition) is 6. The lowest BCUT2D eigenvalue weighted by atomic mass is 9.95. The fourth-order valence-electron chi connectivity index (χ4n) is 4.76. The minimum absolute atomic E-state index is 0.169. The molecule has 180 valence electrons. The summed E-state index contributed by atoms with van der Waals surface area (Å²) >= 11 is 0. The highest BCUT2D eigenvalue weighted by atomic mass is 16.7. The molecular formula is C28H29N3O4. The SMILES string of the molecule is CCn1c2ccccc2c2cc(/C=N/O[C@H]3CCCC[C@@H]3O/N=C/c3ccc(O)c(O)c3)ccc21. The normalized spacial score (nSPS) is 18.7. The van der Waals surface area contributed by atoms with Gasteiger partial charge in [0.15, 0.2) is 23.7 Å². The van der Waals surface area contributed by atoms with E-state index in [2.05, 4.69) is 64.3 Å². The van der Waals surface area contributed by atoms with Gasteiger partial charge in [-0.2, -0.15) is 0 Å². The van der Waals surface area contributed by atoms with E-state index < -0.39 is 0 Å². The molecule has 0 unspecified atom stereocenters. The first-order valence-corrected chi connectivity index (χ1v) is 12.1. The topological polar surface area (TPSA) is 88.6 Å². The zero-order valence-corrected chi connectivity index (χ0v) is 19.7. The number of phenols is 2. The van der Waals surface area contributed by atoms with E-state index in [-0.39, 0.29) is 23.7 Å². The molecule has 7 heteroatoms. The van der Waals surface area contributed by atoms with E-state index >= 15 is 0 Å². The zero-order valence-electron chi connectivity index (χ0n) is 19.7. The minimum Gasteiger partial charge on any atom is -0.504 e. The molecule has 2 N–H and O–H groups in total. The van der Waals surface area contributed by atoms with Crippen LogP contribution in [0.3, 0.4) is 0 Å². The van der Waals surface area contributed by atoms with E-state index in [4.69, 9.17) is 9.68 Å². The number of hydrogen-bond donors (Lipinski definition) is 2. The molecule has 1 heterocycles. The van der Waals surface area contributed by atoms with Gasteiger partial charge in [0.05, 0.1) is 12.4 Å². The van der Waals surface area contributed by atoms with Gasteiger partial charge >= 0.3 is 0 Å². The fraction of sp³-hybridized carbons (Fsp3) is 0.286. The molecule has 35 heavy (non-hydrogen) atoms. The third kappa shape index (κ3) is 4.80. The Morgan fingerprint density at radius 2 is 1.43 bits per heavy atom. The molecule has 7 nitrogen and oxygen atoms in total. The van der Waals surface area contributed by atoms with Crippen molar-refractivity contribution in [3.8, 4) is 11.5 Å². The number of aryl methyl sites for hydroxylation is 1. The molecule has 1 aliphatic carbocycles. The van der Waals surface area contributed by atoms with Crippen molar-refractivity contribution in [3.05, 3.63) is 71.8 Å². The fourth-order valence-corrected chi connectivity index (χ4v) is 4.76. The van der Waals surface area contributed by atoms with E-state index in [0.717, 1.165) is 37.8 Å². The van der Waals surface area contributed by atoms with Crippen molar-refractivity contribution in [2.45, 2.75) is 51.4 Å². The highest BCUT2D eigenvalue weighted by molar-refractivity contribution is 6.09. The van der Waals surface area contributed by atoms with Crippen molar-refractivity contribution in [2.24, 2.45) is 10.3 Å². The summed E-state index contributed by atoms with van der Waals surface area (Å²) in [5, 5.41) is 29.9. The van der Waals surface area contributed by atoms with Crippen LogP contribution in [-0.2, 0) is 16.2 Å². The number of para-hydroxylation sites is 1. The smallest absolute Gasteiger partial charge is 0.166 e. The average Bonchev–Trinajstić information content (AvgIpc) is 3.20. The van der Waals surface area contributed by atoms with Crippen LogP contribution in [0.25, 0.3) is 21.8 Å². The number of benzene rings is 3.